The molecule has 0 fully saturated rings. The average Bonchev–Trinajstić information content (AvgIpc) is 3.35. The van der Waals surface area contributed by atoms with Crippen molar-refractivity contribution in [2.75, 3.05) is 5.73 Å². The van der Waals surface area contributed by atoms with Crippen LogP contribution in [0.5, 0.6) is 0 Å². The van der Waals surface area contributed by atoms with Crippen LogP contribution in [0.1, 0.15) is 50.9 Å². The third-order valence-electron chi connectivity index (χ3n) is 6.31. The molecule has 0 bridgehead atoms. The van der Waals surface area contributed by atoms with Crippen molar-refractivity contribution in [2.45, 2.75) is 40.5 Å². The number of nitrogens with two attached hydrogens (primary N) is 1. The molecule has 5 nitrogen and oxygen atoms in total. The number of allylic oxidation sites excluding steroid dienone is 5. The van der Waals surface area contributed by atoms with Crippen LogP contribution in [-0.2, 0) is 6.42 Å². The lowest BCUT2D eigenvalue weighted by atomic mass is 9.91. The molecular formula is C35H39N5. The van der Waals surface area contributed by atoms with E-state index >= 15 is 0 Å². The second kappa shape index (κ2) is 13.3. The largest absolute Gasteiger partial charge is 0.383 e. The van der Waals surface area contributed by atoms with Gasteiger partial charge in [-0.2, -0.15) is 0 Å². The minimum absolute atomic E-state index is 0.150. The standard InChI is InChI=1S/C33H37N5.C2H2/c1-7-23(16-27(8-2)37-22(3)19-33(4,5)6)26-15-25(32(34)36-21-26)17-28-18-30-29(12-9-13-31(30)38-28)24-11-10-14-35-20-24;1-2/h7-16,18,20-21,37-38H,2-3,17,19H2,1,4-6H3,(H2,34,36);1-2H/b23-7+,27-16+;. The second-order valence-electron chi connectivity index (χ2n) is 10.8. The van der Waals surface area contributed by atoms with Gasteiger partial charge in [-0.3, -0.25) is 4.98 Å². The minimum Gasteiger partial charge on any atom is -0.383 e. The molecule has 0 aliphatic heterocycles. The Morgan fingerprint density at radius 1 is 1.12 bits per heavy atom. The molecule has 0 unspecified atom stereocenters. The quantitative estimate of drug-likeness (QED) is 0.151. The number of aromatic nitrogens is 3. The van der Waals surface area contributed by atoms with Crippen LogP contribution in [0.15, 0.2) is 104 Å². The van der Waals surface area contributed by atoms with Crippen LogP contribution in [0.25, 0.3) is 27.6 Å². The normalized spacial score (nSPS) is 11.9. The van der Waals surface area contributed by atoms with Crippen molar-refractivity contribution in [2.24, 2.45) is 5.41 Å². The third kappa shape index (κ3) is 7.61. The van der Waals surface area contributed by atoms with Gasteiger partial charge < -0.3 is 16.0 Å². The first-order chi connectivity index (χ1) is 19.2. The predicted octanol–water partition coefficient (Wildman–Crippen LogP) is 8.06. The smallest absolute Gasteiger partial charge is 0.126 e. The summed E-state index contributed by atoms with van der Waals surface area (Å²) < 4.78 is 0. The monoisotopic (exact) mass is 529 g/mol. The van der Waals surface area contributed by atoms with E-state index < -0.39 is 0 Å². The van der Waals surface area contributed by atoms with Crippen LogP contribution in [0.2, 0.25) is 0 Å². The Morgan fingerprint density at radius 3 is 2.55 bits per heavy atom. The van der Waals surface area contributed by atoms with Crippen LogP contribution >= 0.6 is 0 Å². The summed E-state index contributed by atoms with van der Waals surface area (Å²) in [5.41, 5.74) is 15.7. The number of anilines is 1. The van der Waals surface area contributed by atoms with Gasteiger partial charge in [-0.25, -0.2) is 4.98 Å². The van der Waals surface area contributed by atoms with Gasteiger partial charge in [-0.05, 0) is 66.3 Å². The number of benzene rings is 1. The molecule has 0 saturated heterocycles. The lowest BCUT2D eigenvalue weighted by Crippen LogP contribution is -2.16. The maximum absolute atomic E-state index is 6.34. The fourth-order valence-corrected chi connectivity index (χ4v) is 4.64. The Labute approximate surface area is 238 Å². The fraction of sp³-hybridized carbons (Fsp3) is 0.200. The molecule has 4 rings (SSSR count). The number of nitrogens with zero attached hydrogens (tertiary/aromatic N) is 2. The number of rotatable bonds is 9. The van der Waals surface area contributed by atoms with Crippen LogP contribution in [0.3, 0.4) is 0 Å². The molecule has 5 heteroatoms. The van der Waals surface area contributed by atoms with Gasteiger partial charge in [0.25, 0.3) is 0 Å². The molecule has 204 valence electrons. The summed E-state index contributed by atoms with van der Waals surface area (Å²) >= 11 is 0. The van der Waals surface area contributed by atoms with Gasteiger partial charge in [0, 0.05) is 69.7 Å². The molecule has 1 aromatic carbocycles. The van der Waals surface area contributed by atoms with Crippen molar-refractivity contribution in [1.29, 1.82) is 0 Å². The molecule has 0 aliphatic rings. The third-order valence-corrected chi connectivity index (χ3v) is 6.31. The molecule has 40 heavy (non-hydrogen) atoms. The maximum Gasteiger partial charge on any atom is 0.126 e. The number of terminal acetylenes is 1. The highest BCUT2D eigenvalue weighted by Gasteiger charge is 2.14. The van der Waals surface area contributed by atoms with Crippen molar-refractivity contribution < 1.29 is 0 Å². The summed E-state index contributed by atoms with van der Waals surface area (Å²) in [5.74, 6) is 0.528. The molecule has 4 N–H and O–H groups in total. The number of hydrogen-bond donors (Lipinski definition) is 3. The first-order valence-electron chi connectivity index (χ1n) is 13.2. The van der Waals surface area contributed by atoms with E-state index in [1.165, 1.54) is 0 Å². The number of nitrogens with one attached hydrogen (secondary N) is 2. The van der Waals surface area contributed by atoms with Gasteiger partial charge >= 0.3 is 0 Å². The summed E-state index contributed by atoms with van der Waals surface area (Å²) in [7, 11) is 0. The van der Waals surface area contributed by atoms with Crippen LogP contribution in [0.4, 0.5) is 5.82 Å². The van der Waals surface area contributed by atoms with E-state index in [1.807, 2.05) is 31.5 Å². The Hall–Kier alpha value is -4.82. The summed E-state index contributed by atoms with van der Waals surface area (Å²) in [6.07, 6.45) is 21.0. The highest BCUT2D eigenvalue weighted by Crippen LogP contribution is 2.30. The summed E-state index contributed by atoms with van der Waals surface area (Å²) in [6.45, 7) is 16.8. The van der Waals surface area contributed by atoms with E-state index in [4.69, 9.17) is 5.73 Å². The molecule has 0 saturated carbocycles. The van der Waals surface area contributed by atoms with E-state index in [0.717, 1.165) is 62.2 Å². The molecule has 0 amide bonds. The van der Waals surface area contributed by atoms with Gasteiger partial charge in [0.2, 0.25) is 0 Å². The van der Waals surface area contributed by atoms with Gasteiger partial charge in [-0.15, -0.1) is 12.8 Å². The van der Waals surface area contributed by atoms with Gasteiger partial charge in [-0.1, -0.05) is 58.2 Å². The molecule has 3 heterocycles. The van der Waals surface area contributed by atoms with Crippen LogP contribution in [0, 0.1) is 18.3 Å². The maximum atomic E-state index is 6.34. The minimum atomic E-state index is 0.150. The number of pyridine rings is 2. The number of H-pyrrole nitrogens is 1. The molecule has 0 spiro atoms. The van der Waals surface area contributed by atoms with Gasteiger partial charge in [0.1, 0.15) is 5.82 Å². The van der Waals surface area contributed by atoms with Crippen molar-refractivity contribution in [3.8, 4) is 24.0 Å². The summed E-state index contributed by atoms with van der Waals surface area (Å²) in [4.78, 5) is 12.4. The number of nitrogen functional groups attached to an aromatic ring is 1. The van der Waals surface area contributed by atoms with Crippen molar-refractivity contribution in [1.82, 2.24) is 20.3 Å². The SMILES string of the molecule is C#C.C=C/C(=C\C(=C/C)c1cnc(N)c(Cc2cc3c(-c4cccnc4)cccc3[nH]2)c1)NC(=C)CC(C)(C)C. The Kier molecular flexibility index (Phi) is 9.89. The Bertz CT molecular complexity index is 1560. The Morgan fingerprint density at radius 2 is 1.90 bits per heavy atom. The topological polar surface area (TPSA) is 79.6 Å². The summed E-state index contributed by atoms with van der Waals surface area (Å²) in [6, 6.07) is 14.6. The zero-order valence-electron chi connectivity index (χ0n) is 24.0. The van der Waals surface area contributed by atoms with E-state index in [1.54, 1.807) is 6.20 Å². The van der Waals surface area contributed by atoms with Crippen molar-refractivity contribution in [3.63, 3.8) is 0 Å². The fourth-order valence-electron chi connectivity index (χ4n) is 4.64. The molecule has 0 aliphatic carbocycles. The molecular weight excluding hydrogens is 490 g/mol. The number of fused-ring (bicyclic) bond motifs is 1. The average molecular weight is 530 g/mol. The van der Waals surface area contributed by atoms with Gasteiger partial charge in [0.05, 0.1) is 0 Å². The van der Waals surface area contributed by atoms with Crippen molar-refractivity contribution >= 4 is 22.3 Å². The molecule has 4 aromatic rings. The lowest BCUT2D eigenvalue weighted by molar-refractivity contribution is 0.403. The number of hydrogen-bond acceptors (Lipinski definition) is 4. The summed E-state index contributed by atoms with van der Waals surface area (Å²) in [5, 5.41) is 4.57. The van der Waals surface area contributed by atoms with E-state index in [9.17, 15) is 0 Å². The van der Waals surface area contributed by atoms with E-state index in [2.05, 4.69) is 116 Å². The lowest BCUT2D eigenvalue weighted by Gasteiger charge is -2.21. The van der Waals surface area contributed by atoms with Crippen LogP contribution < -0.4 is 11.1 Å². The molecule has 3 aromatic heterocycles. The van der Waals surface area contributed by atoms with Gasteiger partial charge in [0.15, 0.2) is 0 Å². The van der Waals surface area contributed by atoms with Crippen molar-refractivity contribution in [3.05, 3.63) is 121 Å². The number of aromatic amines is 1. The molecule has 0 radical (unpaired) electrons. The zero-order valence-corrected chi connectivity index (χ0v) is 24.0. The predicted molar refractivity (Wildman–Crippen MR) is 171 cm³/mol. The second-order valence-corrected chi connectivity index (χ2v) is 10.8. The van der Waals surface area contributed by atoms with E-state index in [-0.39, 0.29) is 5.41 Å². The molecule has 0 atom stereocenters. The highest BCUT2D eigenvalue weighted by atomic mass is 14.9. The Balaban J connectivity index is 0.00000216. The van der Waals surface area contributed by atoms with E-state index in [0.29, 0.717) is 12.2 Å². The first kappa shape index (κ1) is 29.7. The first-order valence-corrected chi connectivity index (χ1v) is 13.2. The zero-order chi connectivity index (χ0) is 29.3. The van der Waals surface area contributed by atoms with Crippen LogP contribution in [-0.4, -0.2) is 15.0 Å². The highest BCUT2D eigenvalue weighted by molar-refractivity contribution is 5.95.